The van der Waals surface area contributed by atoms with Crippen molar-refractivity contribution in [3.8, 4) is 0 Å². The van der Waals surface area contributed by atoms with E-state index in [0.717, 1.165) is 44.0 Å². The smallest absolute Gasteiger partial charge is 0.134 e. The Hall–Kier alpha value is -1.36. The maximum Gasteiger partial charge on any atom is 0.134 e. The van der Waals surface area contributed by atoms with Crippen molar-refractivity contribution in [2.75, 3.05) is 30.8 Å². The van der Waals surface area contributed by atoms with E-state index in [0.29, 0.717) is 11.7 Å². The molecular weight excluding hydrogens is 240 g/mol. The summed E-state index contributed by atoms with van der Waals surface area (Å²) in [5, 5.41) is 3.32. The zero-order chi connectivity index (χ0) is 14.1. The van der Waals surface area contributed by atoms with E-state index < -0.39 is 0 Å². The molecule has 108 valence electrons. The van der Waals surface area contributed by atoms with Crippen LogP contribution < -0.4 is 11.1 Å². The lowest BCUT2D eigenvalue weighted by atomic mass is 10.0. The number of ether oxygens (including phenoxy) is 1. The molecule has 1 heterocycles. The molecule has 19 heavy (non-hydrogen) atoms. The molecule has 0 spiro atoms. The molecule has 0 amide bonds. The Morgan fingerprint density at radius 3 is 2.68 bits per heavy atom. The first kappa shape index (κ1) is 15.7. The summed E-state index contributed by atoms with van der Waals surface area (Å²) >= 11 is 0. The lowest BCUT2D eigenvalue weighted by molar-refractivity contribution is 0.131. The highest BCUT2D eigenvalue weighted by Gasteiger charge is 2.12. The number of nitrogens with one attached hydrogen (secondary N) is 1. The summed E-state index contributed by atoms with van der Waals surface area (Å²) in [4.78, 5) is 8.31. The van der Waals surface area contributed by atoms with Gasteiger partial charge in [0.1, 0.15) is 18.0 Å². The molecule has 0 aromatic carbocycles. The van der Waals surface area contributed by atoms with Crippen LogP contribution >= 0.6 is 0 Å². The van der Waals surface area contributed by atoms with Crippen LogP contribution in [0.5, 0.6) is 0 Å². The minimum absolute atomic E-state index is 0.310. The van der Waals surface area contributed by atoms with Gasteiger partial charge in [-0.3, -0.25) is 0 Å². The number of anilines is 2. The molecular formula is C14H26N4O. The van der Waals surface area contributed by atoms with Crippen LogP contribution in [-0.2, 0) is 4.74 Å². The van der Waals surface area contributed by atoms with Gasteiger partial charge in [-0.1, -0.05) is 27.2 Å². The number of unbranched alkanes of at least 4 members (excludes halogenated alkanes) is 1. The van der Waals surface area contributed by atoms with Crippen LogP contribution in [0.2, 0.25) is 0 Å². The molecule has 5 nitrogen and oxygen atoms in total. The topological polar surface area (TPSA) is 73.1 Å². The highest BCUT2D eigenvalue weighted by molar-refractivity contribution is 5.56. The minimum Gasteiger partial charge on any atom is -0.383 e. The average Bonchev–Trinajstić information content (AvgIpc) is 2.37. The Labute approximate surface area is 116 Å². The van der Waals surface area contributed by atoms with E-state index in [4.69, 9.17) is 10.5 Å². The Balaban J connectivity index is 2.35. The van der Waals surface area contributed by atoms with Gasteiger partial charge in [0.25, 0.3) is 0 Å². The van der Waals surface area contributed by atoms with Gasteiger partial charge in [-0.05, 0) is 18.8 Å². The van der Waals surface area contributed by atoms with E-state index in [9.17, 15) is 0 Å². The van der Waals surface area contributed by atoms with Crippen LogP contribution in [0.4, 0.5) is 11.6 Å². The van der Waals surface area contributed by atoms with Crippen molar-refractivity contribution in [1.82, 2.24) is 9.97 Å². The SMILES string of the molecule is CCCCOCCCNc1ncnc(N)c1C(C)C. The summed E-state index contributed by atoms with van der Waals surface area (Å²) in [7, 11) is 0. The molecule has 0 aliphatic carbocycles. The van der Waals surface area contributed by atoms with Gasteiger partial charge in [-0.25, -0.2) is 9.97 Å². The van der Waals surface area contributed by atoms with Crippen molar-refractivity contribution in [2.24, 2.45) is 0 Å². The quantitative estimate of drug-likeness (QED) is 0.672. The van der Waals surface area contributed by atoms with Crippen LogP contribution in [0.25, 0.3) is 0 Å². The lowest BCUT2D eigenvalue weighted by Gasteiger charge is -2.14. The van der Waals surface area contributed by atoms with Crippen molar-refractivity contribution < 1.29 is 4.74 Å². The zero-order valence-corrected chi connectivity index (χ0v) is 12.3. The zero-order valence-electron chi connectivity index (χ0n) is 12.3. The number of nitrogen functional groups attached to an aromatic ring is 1. The molecule has 0 bridgehead atoms. The highest BCUT2D eigenvalue weighted by Crippen LogP contribution is 2.25. The van der Waals surface area contributed by atoms with Gasteiger partial charge in [-0.2, -0.15) is 0 Å². The first-order valence-electron chi connectivity index (χ1n) is 7.08. The maximum atomic E-state index is 5.89. The molecule has 0 aliphatic heterocycles. The number of rotatable bonds is 9. The molecule has 0 unspecified atom stereocenters. The number of nitrogens with zero attached hydrogens (tertiary/aromatic N) is 2. The summed E-state index contributed by atoms with van der Waals surface area (Å²) in [6.07, 6.45) is 4.77. The number of hydrogen-bond donors (Lipinski definition) is 2. The molecule has 0 atom stereocenters. The van der Waals surface area contributed by atoms with Crippen LogP contribution in [0, 0.1) is 0 Å². The van der Waals surface area contributed by atoms with Crippen molar-refractivity contribution in [1.29, 1.82) is 0 Å². The summed E-state index contributed by atoms with van der Waals surface area (Å²) in [6.45, 7) is 8.82. The molecule has 0 saturated carbocycles. The molecule has 0 radical (unpaired) electrons. The van der Waals surface area contributed by atoms with Crippen LogP contribution in [0.15, 0.2) is 6.33 Å². The van der Waals surface area contributed by atoms with Crippen LogP contribution in [-0.4, -0.2) is 29.7 Å². The summed E-state index contributed by atoms with van der Waals surface area (Å²) in [5.74, 6) is 1.72. The lowest BCUT2D eigenvalue weighted by Crippen LogP contribution is -2.12. The fourth-order valence-electron chi connectivity index (χ4n) is 1.85. The van der Waals surface area contributed by atoms with E-state index in [1.54, 1.807) is 0 Å². The molecule has 3 N–H and O–H groups in total. The van der Waals surface area contributed by atoms with Crippen LogP contribution in [0.1, 0.15) is 51.5 Å². The maximum absolute atomic E-state index is 5.89. The normalized spacial score (nSPS) is 10.9. The Morgan fingerprint density at radius 1 is 1.26 bits per heavy atom. The Bertz CT molecular complexity index is 368. The van der Waals surface area contributed by atoms with Gasteiger partial charge in [-0.15, -0.1) is 0 Å². The van der Waals surface area contributed by atoms with Crippen molar-refractivity contribution in [3.05, 3.63) is 11.9 Å². The fraction of sp³-hybridized carbons (Fsp3) is 0.714. The van der Waals surface area contributed by atoms with Crippen molar-refractivity contribution in [3.63, 3.8) is 0 Å². The van der Waals surface area contributed by atoms with Gasteiger partial charge in [0.05, 0.1) is 0 Å². The summed E-state index contributed by atoms with van der Waals surface area (Å²) in [6, 6.07) is 0. The monoisotopic (exact) mass is 266 g/mol. The summed E-state index contributed by atoms with van der Waals surface area (Å²) in [5.41, 5.74) is 6.89. The standard InChI is InChI=1S/C14H26N4O/c1-4-5-8-19-9-6-7-16-14-12(11(2)3)13(15)17-10-18-14/h10-11H,4-9H2,1-3H3,(H3,15,16,17,18). The molecule has 5 heteroatoms. The predicted octanol–water partition coefficient (Wildman–Crippen LogP) is 2.80. The second-order valence-electron chi connectivity index (χ2n) is 4.92. The third-order valence-corrected chi connectivity index (χ3v) is 2.89. The predicted molar refractivity (Wildman–Crippen MR) is 79.4 cm³/mol. The van der Waals surface area contributed by atoms with E-state index >= 15 is 0 Å². The molecule has 0 fully saturated rings. The average molecular weight is 266 g/mol. The van der Waals surface area contributed by atoms with E-state index in [-0.39, 0.29) is 0 Å². The molecule has 1 rings (SSSR count). The fourth-order valence-corrected chi connectivity index (χ4v) is 1.85. The minimum atomic E-state index is 0.310. The molecule has 0 aliphatic rings. The summed E-state index contributed by atoms with van der Waals surface area (Å²) < 4.78 is 5.52. The molecule has 0 saturated heterocycles. The second-order valence-corrected chi connectivity index (χ2v) is 4.92. The van der Waals surface area contributed by atoms with E-state index in [1.807, 2.05) is 0 Å². The number of aromatic nitrogens is 2. The third kappa shape index (κ3) is 5.42. The molecule has 1 aromatic rings. The highest BCUT2D eigenvalue weighted by atomic mass is 16.5. The van der Waals surface area contributed by atoms with Gasteiger partial charge in [0, 0.05) is 25.3 Å². The first-order chi connectivity index (χ1) is 9.16. The van der Waals surface area contributed by atoms with Crippen molar-refractivity contribution in [2.45, 2.75) is 46.0 Å². The Kier molecular flexibility index (Phi) is 7.18. The second kappa shape index (κ2) is 8.69. The largest absolute Gasteiger partial charge is 0.383 e. The molecule has 1 aromatic heterocycles. The van der Waals surface area contributed by atoms with Gasteiger partial charge in [0.15, 0.2) is 0 Å². The van der Waals surface area contributed by atoms with Crippen molar-refractivity contribution >= 4 is 11.6 Å². The Morgan fingerprint density at radius 2 is 2.00 bits per heavy atom. The van der Waals surface area contributed by atoms with Gasteiger partial charge < -0.3 is 15.8 Å². The number of hydrogen-bond acceptors (Lipinski definition) is 5. The van der Waals surface area contributed by atoms with Crippen LogP contribution in [0.3, 0.4) is 0 Å². The van der Waals surface area contributed by atoms with E-state index in [1.165, 1.54) is 12.7 Å². The first-order valence-corrected chi connectivity index (χ1v) is 7.08. The third-order valence-electron chi connectivity index (χ3n) is 2.89. The van der Waals surface area contributed by atoms with Gasteiger partial charge >= 0.3 is 0 Å². The number of nitrogens with two attached hydrogens (primary N) is 1. The van der Waals surface area contributed by atoms with E-state index in [2.05, 4.69) is 36.1 Å². The van der Waals surface area contributed by atoms with Gasteiger partial charge in [0.2, 0.25) is 0 Å².